The fraction of sp³-hybridized carbons (Fsp3) is 0.629. The normalized spacial score (nSPS) is 30.1. The van der Waals surface area contributed by atoms with Crippen LogP contribution >= 0.6 is 0 Å². The van der Waals surface area contributed by atoms with Crippen LogP contribution in [0, 0.1) is 5.92 Å². The molecular weight excluding hydrogens is 730 g/mol. The molecule has 7 rings (SSSR count). The van der Waals surface area contributed by atoms with E-state index in [1.54, 1.807) is 39.7 Å². The molecule has 4 aliphatic rings. The number of pyridine rings is 1. The monoisotopic (exact) mass is 777 g/mol. The van der Waals surface area contributed by atoms with E-state index in [4.69, 9.17) is 0 Å². The molecule has 2 fully saturated rings. The van der Waals surface area contributed by atoms with Crippen molar-refractivity contribution >= 4 is 50.7 Å². The summed E-state index contributed by atoms with van der Waals surface area (Å²) in [6.45, 7) is 5.78. The molecule has 47 heavy (non-hydrogen) atoms. The van der Waals surface area contributed by atoms with Gasteiger partial charge in [0.2, 0.25) is 0 Å². The van der Waals surface area contributed by atoms with Gasteiger partial charge in [-0.05, 0) is 89.1 Å². The number of hydrogen-bond donors (Lipinski definition) is 2. The maximum absolute atomic E-state index is 15.9. The Balaban J connectivity index is 0.00000213. The number of alkyl halides is 2. The molecule has 3 aromatic rings. The van der Waals surface area contributed by atoms with E-state index < -0.39 is 28.2 Å². The number of benzene rings is 1. The van der Waals surface area contributed by atoms with Crippen molar-refractivity contribution in [2.45, 2.75) is 100 Å². The average Bonchev–Trinajstić information content (AvgIpc) is 3.06. The molecule has 6 heterocycles. The van der Waals surface area contributed by atoms with Gasteiger partial charge in [0.25, 0.3) is 11.5 Å². The molecule has 2 radical (unpaired) electrons. The van der Waals surface area contributed by atoms with Crippen LogP contribution in [0.5, 0.6) is 0 Å². The van der Waals surface area contributed by atoms with Crippen molar-refractivity contribution in [1.82, 2.24) is 19.4 Å². The van der Waals surface area contributed by atoms with E-state index in [1.165, 1.54) is 12.4 Å². The minimum absolute atomic E-state index is 0.00480. The molecule has 2 aromatic heterocycles. The molecule has 0 amide bonds. The van der Waals surface area contributed by atoms with Crippen molar-refractivity contribution < 1.29 is 18.1 Å². The van der Waals surface area contributed by atoms with Crippen molar-refractivity contribution in [1.29, 1.82) is 0 Å². The third-order valence-electron chi connectivity index (χ3n) is 10.1. The van der Waals surface area contributed by atoms with Crippen LogP contribution in [0.15, 0.2) is 41.5 Å². The van der Waals surface area contributed by atoms with Crippen LogP contribution in [0.2, 0.25) is 4.87 Å². The quantitative estimate of drug-likeness (QED) is 0.296. The van der Waals surface area contributed by atoms with E-state index in [0.717, 1.165) is 24.8 Å². The van der Waals surface area contributed by atoms with E-state index in [0.29, 0.717) is 92.2 Å². The summed E-state index contributed by atoms with van der Waals surface area (Å²) in [6, 6.07) is 8.22. The Morgan fingerprint density at radius 1 is 1.02 bits per heavy atom. The van der Waals surface area contributed by atoms with Crippen molar-refractivity contribution in [2.75, 3.05) is 36.5 Å². The molecule has 0 spiro atoms. The molecule has 1 aromatic carbocycles. The SMILES string of the molecule is C[C@H]1Nc2ncnc3c2cc(C2CCS(=O)CC2)c(=O)n3CCCCCC(C)(O)CN2CCC(CC2)C(F)(F)c2cccc1c2.[CH3][Sb]. The second-order valence-corrected chi connectivity index (χ2v) is 15.3. The predicted molar refractivity (Wildman–Crippen MR) is 186 cm³/mol. The van der Waals surface area contributed by atoms with Crippen LogP contribution in [0.1, 0.15) is 93.9 Å². The molecule has 1 unspecified atom stereocenters. The molecule has 2 N–H and O–H groups in total. The minimum atomic E-state index is -2.97. The van der Waals surface area contributed by atoms with Crippen LogP contribution in [0.25, 0.3) is 11.0 Å². The number of nitrogens with one attached hydrogen (secondary N) is 1. The van der Waals surface area contributed by atoms with Crippen LogP contribution in [0.4, 0.5) is 14.6 Å². The van der Waals surface area contributed by atoms with Gasteiger partial charge in [-0.2, -0.15) is 0 Å². The Labute approximate surface area is 293 Å². The molecular formula is C35H48F2N5O3SSb. The van der Waals surface area contributed by atoms with Gasteiger partial charge in [0.1, 0.15) is 17.8 Å². The van der Waals surface area contributed by atoms with Gasteiger partial charge < -0.3 is 15.3 Å². The number of fused-ring (bicyclic) bond motifs is 9. The summed E-state index contributed by atoms with van der Waals surface area (Å²) in [7, 11) is -0.852. The zero-order valence-electron chi connectivity index (χ0n) is 27.8. The number of halogens is 2. The summed E-state index contributed by atoms with van der Waals surface area (Å²) in [5.74, 6) is -2.02. The summed E-state index contributed by atoms with van der Waals surface area (Å²) in [4.78, 5) is 27.2. The Bertz CT molecular complexity index is 1600. The standard InChI is InChI=1S/C34H45F2N5O3S.CH3.Sb/c1-23-25-7-6-8-27(19-25)34(35,36)26-9-15-40(16-10-26)21-33(2,43)13-4-3-5-14-41-31-29(30(39-23)37-22-38-31)20-28(32(41)42)24-11-17-45(44)18-12-24;;/h6-8,19-20,22-24,26,43H,3-5,9-18,21H2,1-2H3,(H,37,38,39);1H3;/t23-,24?,33?,45?;;/m1../s1. The molecule has 256 valence electrons. The Kier molecular flexibility index (Phi) is 12.2. The first-order chi connectivity index (χ1) is 22.5. The molecule has 4 aliphatic heterocycles. The Morgan fingerprint density at radius 2 is 1.74 bits per heavy atom. The fourth-order valence-electron chi connectivity index (χ4n) is 7.43. The van der Waals surface area contributed by atoms with Crippen LogP contribution < -0.4 is 10.9 Å². The summed E-state index contributed by atoms with van der Waals surface area (Å²) in [5.41, 5.74) is 0.982. The number of aryl methyl sites for hydroxylation is 1. The van der Waals surface area contributed by atoms with Gasteiger partial charge >= 0.3 is 27.9 Å². The molecule has 0 saturated carbocycles. The maximum atomic E-state index is 15.9. The summed E-state index contributed by atoms with van der Waals surface area (Å²) in [6.07, 6.45) is 6.54. The number of hydrogen-bond acceptors (Lipinski definition) is 7. The summed E-state index contributed by atoms with van der Waals surface area (Å²) < 4.78 is 45.7. The van der Waals surface area contributed by atoms with Gasteiger partial charge in [-0.3, -0.25) is 13.6 Å². The first-order valence-corrected chi connectivity index (χ1v) is 20.9. The number of anilines is 1. The van der Waals surface area contributed by atoms with Crippen LogP contribution in [-0.2, 0) is 23.3 Å². The van der Waals surface area contributed by atoms with Crippen LogP contribution in [-0.4, -0.2) is 88.5 Å². The van der Waals surface area contributed by atoms with E-state index in [2.05, 4.69) is 25.1 Å². The molecule has 8 nitrogen and oxygen atoms in total. The second kappa shape index (κ2) is 15.7. The molecule has 2 saturated heterocycles. The van der Waals surface area contributed by atoms with Crippen molar-refractivity contribution in [3.05, 3.63) is 63.7 Å². The van der Waals surface area contributed by atoms with Gasteiger partial charge in [-0.1, -0.05) is 31.0 Å². The van der Waals surface area contributed by atoms with E-state index in [1.807, 2.05) is 26.0 Å². The van der Waals surface area contributed by atoms with Gasteiger partial charge in [0, 0.05) is 58.5 Å². The molecule has 2 atom stereocenters. The zero-order chi connectivity index (χ0) is 33.8. The van der Waals surface area contributed by atoms with E-state index >= 15 is 8.78 Å². The zero-order valence-corrected chi connectivity index (χ0v) is 31.1. The fourth-order valence-corrected chi connectivity index (χ4v) is 8.73. The van der Waals surface area contributed by atoms with E-state index in [-0.39, 0.29) is 23.1 Å². The Hall–Kier alpha value is -1.94. The van der Waals surface area contributed by atoms with Crippen molar-refractivity contribution in [2.24, 2.45) is 5.92 Å². The number of piperidine rings is 1. The van der Waals surface area contributed by atoms with E-state index in [9.17, 15) is 14.1 Å². The number of nitrogens with zero attached hydrogens (tertiary/aromatic N) is 4. The third-order valence-corrected chi connectivity index (χ3v) is 11.5. The van der Waals surface area contributed by atoms with Crippen molar-refractivity contribution in [3.63, 3.8) is 0 Å². The van der Waals surface area contributed by atoms with Gasteiger partial charge in [-0.15, -0.1) is 0 Å². The van der Waals surface area contributed by atoms with Gasteiger partial charge in [0.05, 0.1) is 11.0 Å². The third kappa shape index (κ3) is 8.45. The summed E-state index contributed by atoms with van der Waals surface area (Å²) >= 11 is 1.75. The topological polar surface area (TPSA) is 100 Å². The molecule has 0 aliphatic carbocycles. The Morgan fingerprint density at radius 3 is 2.47 bits per heavy atom. The van der Waals surface area contributed by atoms with Gasteiger partial charge in [0.15, 0.2) is 0 Å². The van der Waals surface area contributed by atoms with Crippen molar-refractivity contribution in [3.8, 4) is 0 Å². The second-order valence-electron chi connectivity index (χ2n) is 13.6. The number of aliphatic hydroxyl groups is 1. The van der Waals surface area contributed by atoms with Gasteiger partial charge in [-0.25, -0.2) is 18.7 Å². The summed E-state index contributed by atoms with van der Waals surface area (Å²) in [5, 5.41) is 15.3. The first-order valence-electron chi connectivity index (χ1n) is 16.9. The predicted octanol–water partition coefficient (Wildman–Crippen LogP) is 5.92. The first kappa shape index (κ1) is 36.3. The number of aromatic nitrogens is 3. The van der Waals surface area contributed by atoms with Crippen LogP contribution in [0.3, 0.4) is 0 Å². The molecule has 12 heteroatoms. The molecule has 8 bridgehead atoms. The number of rotatable bonds is 1. The average molecular weight is 779 g/mol.